The third kappa shape index (κ3) is 4.64. The fraction of sp³-hybridized carbons (Fsp3) is 0.312. The van der Waals surface area contributed by atoms with Crippen LogP contribution < -0.4 is 20.1 Å². The van der Waals surface area contributed by atoms with Crippen LogP contribution in [0.5, 0.6) is 11.5 Å². The van der Waals surface area contributed by atoms with Crippen molar-refractivity contribution in [2.24, 2.45) is 0 Å². The van der Waals surface area contributed by atoms with Crippen molar-refractivity contribution in [3.63, 3.8) is 0 Å². The number of anilines is 2. The van der Waals surface area contributed by atoms with Crippen molar-refractivity contribution in [1.82, 2.24) is 10.2 Å². The highest BCUT2D eigenvalue weighted by Gasteiger charge is 2.19. The maximum Gasteiger partial charge on any atom is 0.237 e. The molecule has 9 heteroatoms. The van der Waals surface area contributed by atoms with Gasteiger partial charge in [0.25, 0.3) is 0 Å². The van der Waals surface area contributed by atoms with Crippen LogP contribution in [0.4, 0.5) is 10.8 Å². The van der Waals surface area contributed by atoms with Gasteiger partial charge < -0.3 is 20.1 Å². The van der Waals surface area contributed by atoms with Crippen LogP contribution in [0, 0.1) is 0 Å². The van der Waals surface area contributed by atoms with E-state index in [2.05, 4.69) is 27.4 Å². The monoisotopic (exact) mass is 378 g/mol. The molecule has 25 heavy (non-hydrogen) atoms. The molecule has 0 saturated heterocycles. The Balaban J connectivity index is 1.57. The first-order valence-corrected chi connectivity index (χ1v) is 9.41. The summed E-state index contributed by atoms with van der Waals surface area (Å²) in [4.78, 5) is 12.4. The lowest BCUT2D eigenvalue weighted by atomic mass is 10.2. The number of rotatable bonds is 7. The number of aromatic nitrogens is 2. The average Bonchev–Trinajstić information content (AvgIpc) is 3.07. The van der Waals surface area contributed by atoms with E-state index in [1.807, 2.05) is 6.92 Å². The molecule has 1 aliphatic heterocycles. The Hall–Kier alpha value is -2.26. The zero-order chi connectivity index (χ0) is 17.6. The smallest absolute Gasteiger partial charge is 0.237 e. The van der Waals surface area contributed by atoms with Gasteiger partial charge in [-0.1, -0.05) is 29.2 Å². The average molecular weight is 378 g/mol. The van der Waals surface area contributed by atoms with Crippen LogP contribution in [0.2, 0.25) is 0 Å². The Kier molecular flexibility index (Phi) is 5.77. The molecule has 1 aromatic heterocycles. The molecule has 1 atom stereocenters. The third-order valence-electron chi connectivity index (χ3n) is 3.26. The predicted octanol–water partition coefficient (Wildman–Crippen LogP) is 3.03. The van der Waals surface area contributed by atoms with Crippen LogP contribution in [-0.2, 0) is 4.79 Å². The van der Waals surface area contributed by atoms with Crippen molar-refractivity contribution in [1.29, 1.82) is 0 Å². The van der Waals surface area contributed by atoms with Crippen molar-refractivity contribution in [3.05, 3.63) is 30.9 Å². The minimum absolute atomic E-state index is 0.113. The molecular formula is C16H18N4O3S2. The number of nitrogens with zero attached hydrogens (tertiary/aromatic N) is 2. The third-order valence-corrected chi connectivity index (χ3v) is 5.33. The summed E-state index contributed by atoms with van der Waals surface area (Å²) < 4.78 is 11.7. The highest BCUT2D eigenvalue weighted by atomic mass is 32.2. The number of nitrogens with one attached hydrogen (secondary N) is 2. The van der Waals surface area contributed by atoms with Gasteiger partial charge in [0.05, 0.1) is 5.25 Å². The van der Waals surface area contributed by atoms with Crippen molar-refractivity contribution in [2.75, 3.05) is 30.4 Å². The topological polar surface area (TPSA) is 85.4 Å². The number of thioether (sulfide) groups is 1. The summed E-state index contributed by atoms with van der Waals surface area (Å²) in [5.41, 5.74) is 0.673. The molecule has 2 aromatic rings. The summed E-state index contributed by atoms with van der Waals surface area (Å²) in [5, 5.41) is 14.5. The van der Waals surface area contributed by atoms with E-state index in [1.165, 1.54) is 23.1 Å². The van der Waals surface area contributed by atoms with Gasteiger partial charge in [0.2, 0.25) is 11.0 Å². The molecular weight excluding hydrogens is 360 g/mol. The van der Waals surface area contributed by atoms with E-state index in [9.17, 15) is 4.79 Å². The highest BCUT2D eigenvalue weighted by Crippen LogP contribution is 2.33. The molecule has 2 heterocycles. The molecule has 1 aromatic carbocycles. The molecule has 0 aliphatic carbocycles. The summed E-state index contributed by atoms with van der Waals surface area (Å²) >= 11 is 2.77. The van der Waals surface area contributed by atoms with E-state index in [1.54, 1.807) is 24.3 Å². The van der Waals surface area contributed by atoms with Gasteiger partial charge in [-0.3, -0.25) is 4.79 Å². The van der Waals surface area contributed by atoms with Crippen LogP contribution in [0.1, 0.15) is 6.92 Å². The van der Waals surface area contributed by atoms with E-state index >= 15 is 0 Å². The van der Waals surface area contributed by atoms with E-state index in [0.717, 1.165) is 4.34 Å². The Morgan fingerprint density at radius 2 is 2.20 bits per heavy atom. The molecule has 0 spiro atoms. The number of hydrogen-bond donors (Lipinski definition) is 2. The summed E-state index contributed by atoms with van der Waals surface area (Å²) in [6.45, 7) is 7.14. The van der Waals surface area contributed by atoms with E-state index in [-0.39, 0.29) is 11.2 Å². The fourth-order valence-corrected chi connectivity index (χ4v) is 3.96. The van der Waals surface area contributed by atoms with E-state index in [0.29, 0.717) is 42.1 Å². The lowest BCUT2D eigenvalue weighted by molar-refractivity contribution is -0.115. The van der Waals surface area contributed by atoms with Gasteiger partial charge in [-0.05, 0) is 19.1 Å². The van der Waals surface area contributed by atoms with E-state index < -0.39 is 0 Å². The maximum absolute atomic E-state index is 12.4. The van der Waals surface area contributed by atoms with Gasteiger partial charge in [0.1, 0.15) is 13.2 Å². The lowest BCUT2D eigenvalue weighted by Gasteiger charge is -2.19. The molecule has 0 unspecified atom stereocenters. The summed E-state index contributed by atoms with van der Waals surface area (Å²) in [7, 11) is 0. The molecule has 0 bridgehead atoms. The maximum atomic E-state index is 12.4. The second kappa shape index (κ2) is 8.21. The largest absolute Gasteiger partial charge is 0.486 e. The van der Waals surface area contributed by atoms with Crippen molar-refractivity contribution >= 4 is 39.8 Å². The molecule has 0 fully saturated rings. The molecule has 7 nitrogen and oxygen atoms in total. The number of ether oxygens (including phenoxy) is 2. The van der Waals surface area contributed by atoms with Gasteiger partial charge in [0, 0.05) is 18.3 Å². The first-order valence-electron chi connectivity index (χ1n) is 7.71. The van der Waals surface area contributed by atoms with E-state index in [4.69, 9.17) is 9.47 Å². The molecule has 3 rings (SSSR count). The van der Waals surface area contributed by atoms with Crippen LogP contribution in [0.15, 0.2) is 35.2 Å². The normalized spacial score (nSPS) is 13.8. The number of hydrogen-bond acceptors (Lipinski definition) is 8. The van der Waals surface area contributed by atoms with Crippen molar-refractivity contribution in [2.45, 2.75) is 16.5 Å². The summed E-state index contributed by atoms with van der Waals surface area (Å²) in [6.07, 6.45) is 1.75. The Morgan fingerprint density at radius 3 is 3.00 bits per heavy atom. The van der Waals surface area contributed by atoms with Crippen molar-refractivity contribution < 1.29 is 14.3 Å². The number of carbonyl (C=O) groups is 1. The Morgan fingerprint density at radius 1 is 1.40 bits per heavy atom. The Bertz CT molecular complexity index is 766. The molecule has 1 amide bonds. The first-order chi connectivity index (χ1) is 12.2. The fourth-order valence-electron chi connectivity index (χ4n) is 2.06. The van der Waals surface area contributed by atoms with Gasteiger partial charge in [-0.2, -0.15) is 0 Å². The standard InChI is InChI=1S/C16H18N4O3S2/c1-3-6-17-15-19-20-16(25-15)24-10(2)14(21)18-11-4-5-12-13(9-11)23-8-7-22-12/h3-5,9-10H,1,6-8H2,2H3,(H,17,19)(H,18,21)/t10-/m0/s1. The number of fused-ring (bicyclic) bond motifs is 1. The van der Waals surface area contributed by atoms with Gasteiger partial charge in [-0.25, -0.2) is 0 Å². The van der Waals surface area contributed by atoms with Crippen LogP contribution >= 0.6 is 23.1 Å². The van der Waals surface area contributed by atoms with Crippen LogP contribution in [0.3, 0.4) is 0 Å². The molecule has 2 N–H and O–H groups in total. The number of benzene rings is 1. The zero-order valence-electron chi connectivity index (χ0n) is 13.7. The molecule has 132 valence electrons. The first kappa shape index (κ1) is 17.6. The SMILES string of the molecule is C=CCNc1nnc(S[C@@H](C)C(=O)Nc2ccc3c(c2)OCCO3)s1. The summed E-state index contributed by atoms with van der Waals surface area (Å²) in [6, 6.07) is 5.36. The van der Waals surface area contributed by atoms with Crippen molar-refractivity contribution in [3.8, 4) is 11.5 Å². The predicted molar refractivity (Wildman–Crippen MR) is 100.0 cm³/mol. The van der Waals surface area contributed by atoms with Gasteiger partial charge >= 0.3 is 0 Å². The number of amides is 1. The quantitative estimate of drug-likeness (QED) is 0.566. The zero-order valence-corrected chi connectivity index (χ0v) is 15.3. The lowest BCUT2D eigenvalue weighted by Crippen LogP contribution is -2.22. The van der Waals surface area contributed by atoms with Crippen LogP contribution in [-0.4, -0.2) is 41.1 Å². The minimum Gasteiger partial charge on any atom is -0.486 e. The van der Waals surface area contributed by atoms with Gasteiger partial charge in [-0.15, -0.1) is 16.8 Å². The second-order valence-corrected chi connectivity index (χ2v) is 7.72. The molecule has 0 radical (unpaired) electrons. The van der Waals surface area contributed by atoms with Gasteiger partial charge in [0.15, 0.2) is 15.8 Å². The molecule has 1 aliphatic rings. The molecule has 0 saturated carbocycles. The van der Waals surface area contributed by atoms with Crippen LogP contribution in [0.25, 0.3) is 0 Å². The second-order valence-electron chi connectivity index (χ2n) is 5.15. The minimum atomic E-state index is -0.312. The number of carbonyl (C=O) groups excluding carboxylic acids is 1. The highest BCUT2D eigenvalue weighted by molar-refractivity contribution is 8.02. The Labute approximate surface area is 153 Å². The summed E-state index contributed by atoms with van der Waals surface area (Å²) in [5.74, 6) is 1.23.